The van der Waals surface area contributed by atoms with Gasteiger partial charge in [0.05, 0.1) is 6.54 Å². The molecule has 0 bridgehead atoms. The molecule has 4 heteroatoms. The first-order valence-corrected chi connectivity index (χ1v) is 3.52. The predicted octanol–water partition coefficient (Wildman–Crippen LogP) is 0.167. The van der Waals surface area contributed by atoms with Crippen molar-refractivity contribution in [2.75, 3.05) is 0 Å². The standard InChI is InChI=1S/C7H10N2O2/c10-7(11)2-1-4-9-5-3-8-6-9/h3,5-6H,1-2,4H2,(H,10,11)/p+1. The number of hydrogen-bond acceptors (Lipinski definition) is 1. The number of imidazole rings is 1. The zero-order valence-electron chi connectivity index (χ0n) is 6.16. The van der Waals surface area contributed by atoms with E-state index in [1.54, 1.807) is 6.20 Å². The molecule has 0 radical (unpaired) electrons. The molecule has 11 heavy (non-hydrogen) atoms. The third-order valence-electron chi connectivity index (χ3n) is 1.41. The molecule has 0 aliphatic heterocycles. The average Bonchev–Trinajstić information content (AvgIpc) is 2.39. The molecule has 0 aromatic carbocycles. The molecular weight excluding hydrogens is 144 g/mol. The van der Waals surface area contributed by atoms with Crippen molar-refractivity contribution >= 4 is 5.97 Å². The van der Waals surface area contributed by atoms with Crippen molar-refractivity contribution in [1.29, 1.82) is 0 Å². The molecule has 0 spiro atoms. The van der Waals surface area contributed by atoms with Crippen LogP contribution in [-0.4, -0.2) is 16.1 Å². The number of carboxylic acid groups (broad SMARTS) is 1. The maximum Gasteiger partial charge on any atom is 0.303 e. The largest absolute Gasteiger partial charge is 0.481 e. The fraction of sp³-hybridized carbons (Fsp3) is 0.429. The number of H-pyrrole nitrogens is 1. The van der Waals surface area contributed by atoms with Crippen LogP contribution in [0.25, 0.3) is 0 Å². The summed E-state index contributed by atoms with van der Waals surface area (Å²) in [4.78, 5) is 13.0. The van der Waals surface area contributed by atoms with Gasteiger partial charge in [0.2, 0.25) is 6.33 Å². The van der Waals surface area contributed by atoms with Crippen molar-refractivity contribution in [3.8, 4) is 0 Å². The molecule has 1 aromatic heterocycles. The van der Waals surface area contributed by atoms with E-state index in [0.717, 1.165) is 6.54 Å². The summed E-state index contributed by atoms with van der Waals surface area (Å²) in [6.45, 7) is 0.760. The second-order valence-electron chi connectivity index (χ2n) is 2.35. The Labute approximate surface area is 64.5 Å². The van der Waals surface area contributed by atoms with Crippen LogP contribution < -0.4 is 4.57 Å². The summed E-state index contributed by atoms with van der Waals surface area (Å²) in [7, 11) is 0. The summed E-state index contributed by atoms with van der Waals surface area (Å²) < 4.78 is 1.92. The minimum Gasteiger partial charge on any atom is -0.481 e. The smallest absolute Gasteiger partial charge is 0.303 e. The van der Waals surface area contributed by atoms with E-state index in [-0.39, 0.29) is 6.42 Å². The van der Waals surface area contributed by atoms with E-state index in [0.29, 0.717) is 6.42 Å². The molecule has 60 valence electrons. The molecular formula is C7H11N2O2+. The second-order valence-corrected chi connectivity index (χ2v) is 2.35. The zero-order chi connectivity index (χ0) is 8.10. The lowest BCUT2D eigenvalue weighted by Crippen LogP contribution is -2.30. The number of hydrogen-bond donors (Lipinski definition) is 2. The third kappa shape index (κ3) is 2.84. The molecule has 0 saturated heterocycles. The Morgan fingerprint density at radius 3 is 3.00 bits per heavy atom. The van der Waals surface area contributed by atoms with Gasteiger partial charge in [0.1, 0.15) is 12.4 Å². The maximum atomic E-state index is 10.1. The number of aromatic nitrogens is 2. The highest BCUT2D eigenvalue weighted by atomic mass is 16.4. The summed E-state index contributed by atoms with van der Waals surface area (Å²) in [6.07, 6.45) is 6.40. The van der Waals surface area contributed by atoms with Crippen molar-refractivity contribution < 1.29 is 14.5 Å². The second kappa shape index (κ2) is 3.75. The van der Waals surface area contributed by atoms with Gasteiger partial charge < -0.3 is 5.11 Å². The highest BCUT2D eigenvalue weighted by molar-refractivity contribution is 5.66. The fourth-order valence-electron chi connectivity index (χ4n) is 0.873. The van der Waals surface area contributed by atoms with Crippen LogP contribution in [0.3, 0.4) is 0 Å². The van der Waals surface area contributed by atoms with Gasteiger partial charge in [-0.1, -0.05) is 0 Å². The molecule has 1 rings (SSSR count). The topological polar surface area (TPSA) is 57.0 Å². The van der Waals surface area contributed by atoms with Crippen molar-refractivity contribution in [2.24, 2.45) is 0 Å². The number of nitrogens with zero attached hydrogens (tertiary/aromatic N) is 1. The quantitative estimate of drug-likeness (QED) is 0.609. The van der Waals surface area contributed by atoms with E-state index in [1.165, 1.54) is 0 Å². The normalized spacial score (nSPS) is 9.82. The SMILES string of the molecule is O=C(O)CCC[n+]1cc[nH]c1. The molecule has 0 saturated carbocycles. The first-order valence-electron chi connectivity index (χ1n) is 3.52. The Balaban J connectivity index is 2.19. The number of carbonyl (C=O) groups is 1. The monoisotopic (exact) mass is 155 g/mol. The Hall–Kier alpha value is -1.32. The van der Waals surface area contributed by atoms with Gasteiger partial charge in [-0.3, -0.25) is 9.78 Å². The summed E-state index contributed by atoms with van der Waals surface area (Å²) in [5.41, 5.74) is 0. The maximum absolute atomic E-state index is 10.1. The number of carboxylic acids is 1. The lowest BCUT2D eigenvalue weighted by Gasteiger charge is -1.91. The minimum absolute atomic E-state index is 0.234. The van der Waals surface area contributed by atoms with E-state index in [2.05, 4.69) is 4.98 Å². The molecule has 1 aromatic rings. The fourth-order valence-corrected chi connectivity index (χ4v) is 0.873. The summed E-state index contributed by atoms with van der Waals surface area (Å²) in [5, 5.41) is 8.33. The van der Waals surface area contributed by atoms with Crippen LogP contribution in [0.4, 0.5) is 0 Å². The molecule has 0 amide bonds. The van der Waals surface area contributed by atoms with Gasteiger partial charge in [-0.2, -0.15) is 0 Å². The number of aliphatic carboxylic acids is 1. The molecule has 0 unspecified atom stereocenters. The lowest BCUT2D eigenvalue weighted by molar-refractivity contribution is -0.695. The molecule has 0 aliphatic carbocycles. The molecule has 1 heterocycles. The molecule has 2 N–H and O–H groups in total. The van der Waals surface area contributed by atoms with Gasteiger partial charge in [0.15, 0.2) is 0 Å². The van der Waals surface area contributed by atoms with Gasteiger partial charge in [0, 0.05) is 6.42 Å². The number of aryl methyl sites for hydroxylation is 1. The summed E-state index contributed by atoms with van der Waals surface area (Å²) in [6, 6.07) is 0. The van der Waals surface area contributed by atoms with Crippen LogP contribution >= 0.6 is 0 Å². The summed E-state index contributed by atoms with van der Waals surface area (Å²) in [5.74, 6) is -0.735. The summed E-state index contributed by atoms with van der Waals surface area (Å²) >= 11 is 0. The predicted molar refractivity (Wildman–Crippen MR) is 37.9 cm³/mol. The first-order chi connectivity index (χ1) is 5.29. The van der Waals surface area contributed by atoms with Crippen LogP contribution in [-0.2, 0) is 11.3 Å². The van der Waals surface area contributed by atoms with Crippen molar-refractivity contribution in [3.05, 3.63) is 18.7 Å². The molecule has 4 nitrogen and oxygen atoms in total. The highest BCUT2D eigenvalue weighted by Gasteiger charge is 1.99. The lowest BCUT2D eigenvalue weighted by atomic mass is 10.3. The van der Waals surface area contributed by atoms with Crippen LogP contribution in [0.15, 0.2) is 18.7 Å². The number of aromatic amines is 1. The van der Waals surface area contributed by atoms with Crippen LogP contribution in [0.1, 0.15) is 12.8 Å². The average molecular weight is 155 g/mol. The first kappa shape index (κ1) is 7.78. The van der Waals surface area contributed by atoms with Crippen LogP contribution in [0, 0.1) is 0 Å². The number of rotatable bonds is 4. The zero-order valence-corrected chi connectivity index (χ0v) is 6.16. The van der Waals surface area contributed by atoms with E-state index in [4.69, 9.17) is 5.11 Å². The Morgan fingerprint density at radius 1 is 1.64 bits per heavy atom. The third-order valence-corrected chi connectivity index (χ3v) is 1.41. The Bertz CT molecular complexity index is 218. The Kier molecular flexibility index (Phi) is 2.66. The minimum atomic E-state index is -0.735. The van der Waals surface area contributed by atoms with Crippen molar-refractivity contribution in [2.45, 2.75) is 19.4 Å². The number of nitrogens with one attached hydrogen (secondary N) is 1. The van der Waals surface area contributed by atoms with Crippen LogP contribution in [0.2, 0.25) is 0 Å². The van der Waals surface area contributed by atoms with E-state index in [1.807, 2.05) is 17.1 Å². The van der Waals surface area contributed by atoms with Crippen molar-refractivity contribution in [3.63, 3.8) is 0 Å². The molecule has 0 atom stereocenters. The van der Waals surface area contributed by atoms with E-state index >= 15 is 0 Å². The van der Waals surface area contributed by atoms with E-state index < -0.39 is 5.97 Å². The highest BCUT2D eigenvalue weighted by Crippen LogP contribution is 1.87. The van der Waals surface area contributed by atoms with Crippen LogP contribution in [0.5, 0.6) is 0 Å². The molecule has 0 fully saturated rings. The van der Waals surface area contributed by atoms with Gasteiger partial charge in [-0.25, -0.2) is 4.57 Å². The molecule has 0 aliphatic rings. The van der Waals surface area contributed by atoms with Gasteiger partial charge in [-0.05, 0) is 6.42 Å². The van der Waals surface area contributed by atoms with Gasteiger partial charge in [-0.15, -0.1) is 0 Å². The van der Waals surface area contributed by atoms with Gasteiger partial charge in [0.25, 0.3) is 0 Å². The van der Waals surface area contributed by atoms with E-state index in [9.17, 15) is 4.79 Å². The van der Waals surface area contributed by atoms with Crippen molar-refractivity contribution in [1.82, 2.24) is 4.98 Å². The Morgan fingerprint density at radius 2 is 2.45 bits per heavy atom. The van der Waals surface area contributed by atoms with Gasteiger partial charge >= 0.3 is 5.97 Å².